The van der Waals surface area contributed by atoms with E-state index < -0.39 is 6.04 Å². The second kappa shape index (κ2) is 9.21. The standard InChI is InChI=1S/C25H26N2O5S/c1-16-2-7-20(21(28)12-16)27-24(29)19-15-33-22(23(19)25(27)30)14-32-18-5-3-17(4-6-18)13-26-8-10-31-11-9-26/h3-6,15,20H,1-2,7-14H2/t20-/m0/s1. The van der Waals surface area contributed by atoms with Crippen molar-refractivity contribution in [1.29, 1.82) is 0 Å². The molecule has 0 unspecified atom stereocenters. The zero-order valence-corrected chi connectivity index (χ0v) is 19.2. The smallest absolute Gasteiger partial charge is 0.263 e. The van der Waals surface area contributed by atoms with Gasteiger partial charge in [0.25, 0.3) is 11.8 Å². The maximum atomic E-state index is 13.1. The van der Waals surface area contributed by atoms with E-state index in [2.05, 4.69) is 11.5 Å². The van der Waals surface area contributed by atoms with Gasteiger partial charge >= 0.3 is 0 Å². The van der Waals surface area contributed by atoms with Crippen molar-refractivity contribution in [2.45, 2.75) is 38.5 Å². The monoisotopic (exact) mass is 466 g/mol. The molecule has 0 spiro atoms. The summed E-state index contributed by atoms with van der Waals surface area (Å²) in [5.41, 5.74) is 2.82. The molecule has 1 aromatic carbocycles. The highest BCUT2D eigenvalue weighted by atomic mass is 32.1. The summed E-state index contributed by atoms with van der Waals surface area (Å²) in [5, 5.41) is 1.70. The molecule has 0 bridgehead atoms. The van der Waals surface area contributed by atoms with E-state index in [0.29, 0.717) is 34.6 Å². The lowest BCUT2D eigenvalue weighted by Crippen LogP contribution is -2.46. The van der Waals surface area contributed by atoms with Crippen LogP contribution in [-0.4, -0.2) is 59.7 Å². The van der Waals surface area contributed by atoms with Crippen LogP contribution in [0.4, 0.5) is 0 Å². The maximum Gasteiger partial charge on any atom is 0.263 e. The molecule has 3 heterocycles. The molecular weight excluding hydrogens is 440 g/mol. The van der Waals surface area contributed by atoms with Crippen LogP contribution in [0.15, 0.2) is 41.8 Å². The van der Waals surface area contributed by atoms with Crippen molar-refractivity contribution in [2.24, 2.45) is 0 Å². The summed E-state index contributed by atoms with van der Waals surface area (Å²) >= 11 is 1.34. The zero-order valence-electron chi connectivity index (χ0n) is 18.4. The van der Waals surface area contributed by atoms with E-state index in [1.807, 2.05) is 24.3 Å². The number of amides is 2. The van der Waals surface area contributed by atoms with E-state index >= 15 is 0 Å². The number of hydrogen-bond acceptors (Lipinski definition) is 7. The Hall–Kier alpha value is -2.81. The fraction of sp³-hybridized carbons (Fsp3) is 0.400. The zero-order chi connectivity index (χ0) is 22.9. The summed E-state index contributed by atoms with van der Waals surface area (Å²) < 4.78 is 11.3. The number of Topliss-reactive ketones (excluding diaryl/α,β-unsaturated/α-hetero) is 1. The maximum absolute atomic E-state index is 13.1. The van der Waals surface area contributed by atoms with Crippen LogP contribution < -0.4 is 4.74 Å². The predicted octanol–water partition coefficient (Wildman–Crippen LogP) is 3.43. The van der Waals surface area contributed by atoms with Gasteiger partial charge in [0.1, 0.15) is 12.4 Å². The van der Waals surface area contributed by atoms with Crippen LogP contribution in [0.3, 0.4) is 0 Å². The largest absolute Gasteiger partial charge is 0.488 e. The molecule has 33 heavy (non-hydrogen) atoms. The van der Waals surface area contributed by atoms with Gasteiger partial charge in [-0.3, -0.25) is 24.2 Å². The Balaban J connectivity index is 1.24. The molecular formula is C25H26N2O5S. The van der Waals surface area contributed by atoms with E-state index in [4.69, 9.17) is 9.47 Å². The number of nitrogens with zero attached hydrogens (tertiary/aromatic N) is 2. The van der Waals surface area contributed by atoms with Crippen LogP contribution in [0.25, 0.3) is 0 Å². The Morgan fingerprint density at radius 2 is 1.85 bits per heavy atom. The number of imide groups is 1. The first-order chi connectivity index (χ1) is 16.0. The summed E-state index contributed by atoms with van der Waals surface area (Å²) in [7, 11) is 0. The number of fused-ring (bicyclic) bond motifs is 1. The fourth-order valence-electron chi connectivity index (χ4n) is 4.61. The van der Waals surface area contributed by atoms with Gasteiger partial charge in [0, 0.05) is 31.4 Å². The number of hydrogen-bond donors (Lipinski definition) is 0. The third-order valence-electron chi connectivity index (χ3n) is 6.43. The molecule has 172 valence electrons. The summed E-state index contributed by atoms with van der Waals surface area (Å²) in [6.45, 7) is 8.36. The summed E-state index contributed by atoms with van der Waals surface area (Å²) in [6, 6.07) is 7.25. The first-order valence-corrected chi connectivity index (χ1v) is 12.1. The van der Waals surface area contributed by atoms with Crippen LogP contribution in [-0.2, 0) is 22.7 Å². The topological polar surface area (TPSA) is 76.2 Å². The lowest BCUT2D eigenvalue weighted by molar-refractivity contribution is -0.123. The molecule has 1 aliphatic carbocycles. The number of rotatable bonds is 6. The molecule has 2 aliphatic heterocycles. The van der Waals surface area contributed by atoms with E-state index in [0.717, 1.165) is 43.3 Å². The quantitative estimate of drug-likeness (QED) is 0.480. The van der Waals surface area contributed by atoms with Crippen LogP contribution in [0.2, 0.25) is 0 Å². The Bertz CT molecular complexity index is 1100. The minimum Gasteiger partial charge on any atom is -0.488 e. The molecule has 2 amide bonds. The Labute approximate surface area is 196 Å². The summed E-state index contributed by atoms with van der Waals surface area (Å²) in [5.74, 6) is -0.174. The van der Waals surface area contributed by atoms with Gasteiger partial charge in [-0.15, -0.1) is 11.3 Å². The molecule has 3 aliphatic rings. The highest BCUT2D eigenvalue weighted by Crippen LogP contribution is 2.36. The highest BCUT2D eigenvalue weighted by molar-refractivity contribution is 7.10. The van der Waals surface area contributed by atoms with Crippen molar-refractivity contribution in [1.82, 2.24) is 9.80 Å². The van der Waals surface area contributed by atoms with E-state index in [1.165, 1.54) is 16.9 Å². The van der Waals surface area contributed by atoms with Crippen molar-refractivity contribution >= 4 is 28.9 Å². The molecule has 5 rings (SSSR count). The molecule has 1 saturated carbocycles. The second-order valence-electron chi connectivity index (χ2n) is 8.70. The van der Waals surface area contributed by atoms with Gasteiger partial charge < -0.3 is 9.47 Å². The Morgan fingerprint density at radius 3 is 2.58 bits per heavy atom. The predicted molar refractivity (Wildman–Crippen MR) is 123 cm³/mol. The number of thiophene rings is 1. The first kappa shape index (κ1) is 22.0. The molecule has 1 saturated heterocycles. The Morgan fingerprint density at radius 1 is 1.09 bits per heavy atom. The fourth-order valence-corrected chi connectivity index (χ4v) is 5.53. The van der Waals surface area contributed by atoms with Crippen LogP contribution in [0.5, 0.6) is 5.75 Å². The SMILES string of the molecule is C=C1CC[C@H](N2C(=O)c3csc(COc4ccc(CN5CCOCC5)cc4)c3C2=O)C(=O)C1. The third kappa shape index (κ3) is 4.38. The summed E-state index contributed by atoms with van der Waals surface area (Å²) in [4.78, 5) is 42.7. The first-order valence-electron chi connectivity index (χ1n) is 11.2. The number of morpholine rings is 1. The molecule has 1 atom stereocenters. The van der Waals surface area contributed by atoms with Gasteiger partial charge in [-0.1, -0.05) is 24.3 Å². The Kier molecular flexibility index (Phi) is 6.14. The van der Waals surface area contributed by atoms with Crippen LogP contribution in [0, 0.1) is 0 Å². The molecule has 2 fully saturated rings. The van der Waals surface area contributed by atoms with E-state index in [-0.39, 0.29) is 30.6 Å². The van der Waals surface area contributed by atoms with Crippen molar-refractivity contribution in [2.75, 3.05) is 26.3 Å². The molecule has 7 nitrogen and oxygen atoms in total. The number of ether oxygens (including phenoxy) is 2. The van der Waals surface area contributed by atoms with Gasteiger partial charge in [0.15, 0.2) is 5.78 Å². The van der Waals surface area contributed by atoms with Crippen LogP contribution >= 0.6 is 11.3 Å². The van der Waals surface area contributed by atoms with Crippen molar-refractivity contribution in [3.8, 4) is 5.75 Å². The average Bonchev–Trinajstić information content (AvgIpc) is 3.34. The van der Waals surface area contributed by atoms with Gasteiger partial charge in [-0.2, -0.15) is 0 Å². The molecule has 0 radical (unpaired) electrons. The molecule has 8 heteroatoms. The number of ketones is 1. The molecule has 2 aromatic rings. The van der Waals surface area contributed by atoms with E-state index in [1.54, 1.807) is 5.38 Å². The number of allylic oxidation sites excluding steroid dienone is 1. The lowest BCUT2D eigenvalue weighted by Gasteiger charge is -2.29. The van der Waals surface area contributed by atoms with Gasteiger partial charge in [0.2, 0.25) is 0 Å². The second-order valence-corrected chi connectivity index (χ2v) is 9.66. The average molecular weight is 467 g/mol. The number of benzene rings is 1. The van der Waals surface area contributed by atoms with Gasteiger partial charge in [0.05, 0.1) is 35.3 Å². The minimum absolute atomic E-state index is 0.114. The molecule has 1 aromatic heterocycles. The third-order valence-corrected chi connectivity index (χ3v) is 7.39. The normalized spacial score (nSPS) is 21.6. The summed E-state index contributed by atoms with van der Waals surface area (Å²) in [6.07, 6.45) is 1.33. The van der Waals surface area contributed by atoms with Crippen molar-refractivity contribution in [3.63, 3.8) is 0 Å². The van der Waals surface area contributed by atoms with Gasteiger partial charge in [-0.25, -0.2) is 0 Å². The minimum atomic E-state index is -0.694. The highest BCUT2D eigenvalue weighted by Gasteiger charge is 2.45. The molecule has 0 N–H and O–H groups in total. The van der Waals surface area contributed by atoms with Gasteiger partial charge in [-0.05, 0) is 30.5 Å². The lowest BCUT2D eigenvalue weighted by atomic mass is 9.89. The van der Waals surface area contributed by atoms with Crippen LogP contribution in [0.1, 0.15) is 50.4 Å². The van der Waals surface area contributed by atoms with E-state index in [9.17, 15) is 14.4 Å². The van der Waals surface area contributed by atoms with Crippen molar-refractivity contribution < 1.29 is 23.9 Å². The van der Waals surface area contributed by atoms with Crippen molar-refractivity contribution in [3.05, 3.63) is 63.4 Å². The number of carbonyl (C=O) groups is 3. The number of carbonyl (C=O) groups excluding carboxylic acids is 3.